The number of nitrogens with one attached hydrogen (secondary N) is 1. The van der Waals surface area contributed by atoms with Gasteiger partial charge in [-0.15, -0.1) is 17.5 Å². The van der Waals surface area contributed by atoms with Gasteiger partial charge in [0.1, 0.15) is 11.9 Å². The lowest BCUT2D eigenvalue weighted by molar-refractivity contribution is 0.0588. The summed E-state index contributed by atoms with van der Waals surface area (Å²) >= 11 is 0. The maximum Gasteiger partial charge on any atom is 0.276 e. The highest BCUT2D eigenvalue weighted by Crippen LogP contribution is 2.25. The van der Waals surface area contributed by atoms with Gasteiger partial charge in [-0.2, -0.15) is 0 Å². The van der Waals surface area contributed by atoms with Gasteiger partial charge in [0.25, 0.3) is 5.91 Å². The number of amides is 1. The van der Waals surface area contributed by atoms with Crippen LogP contribution in [0, 0.1) is 20.8 Å². The van der Waals surface area contributed by atoms with Gasteiger partial charge in [0, 0.05) is 25.9 Å². The first-order chi connectivity index (χ1) is 14.0. The molecule has 0 atom stereocenters. The van der Waals surface area contributed by atoms with E-state index in [1.165, 1.54) is 5.56 Å². The van der Waals surface area contributed by atoms with Gasteiger partial charge in [-0.3, -0.25) is 4.79 Å². The minimum absolute atomic E-state index is 0. The minimum atomic E-state index is -0.00660. The zero-order valence-electron chi connectivity index (χ0n) is 18.1. The van der Waals surface area contributed by atoms with E-state index in [9.17, 15) is 4.79 Å². The number of hydrogen-bond acceptors (Lipinski definition) is 5. The summed E-state index contributed by atoms with van der Waals surface area (Å²) in [6.07, 6.45) is 3.87. The molecule has 3 heterocycles. The molecular formula is C22H32ClN5O2. The molecule has 1 aromatic carbocycles. The molecule has 1 N–H and O–H groups in total. The third-order valence-electron chi connectivity index (χ3n) is 6.15. The molecule has 2 saturated heterocycles. The molecule has 30 heavy (non-hydrogen) atoms. The number of halogens is 1. The Labute approximate surface area is 184 Å². The van der Waals surface area contributed by atoms with Crippen molar-refractivity contribution in [3.8, 4) is 5.75 Å². The number of aromatic nitrogens is 3. The molecule has 2 aromatic rings. The SMILES string of the molecule is Cc1ccc(C)c(OC2CCN(C(=O)c3nnn(C4CCNCC4)c3C)CC2)c1.Cl. The van der Waals surface area contributed by atoms with Crippen molar-refractivity contribution in [2.24, 2.45) is 0 Å². The molecule has 0 radical (unpaired) electrons. The molecule has 1 aromatic heterocycles. The van der Waals surface area contributed by atoms with Gasteiger partial charge in [0.2, 0.25) is 0 Å². The van der Waals surface area contributed by atoms with E-state index in [4.69, 9.17) is 4.74 Å². The third kappa shape index (κ3) is 4.78. The quantitative estimate of drug-likeness (QED) is 0.801. The summed E-state index contributed by atoms with van der Waals surface area (Å²) < 4.78 is 8.18. The summed E-state index contributed by atoms with van der Waals surface area (Å²) in [5, 5.41) is 11.9. The molecule has 0 saturated carbocycles. The fourth-order valence-corrected chi connectivity index (χ4v) is 4.28. The predicted octanol–water partition coefficient (Wildman–Crippen LogP) is 3.23. The Morgan fingerprint density at radius 2 is 1.80 bits per heavy atom. The zero-order chi connectivity index (χ0) is 20.4. The molecule has 8 heteroatoms. The predicted molar refractivity (Wildman–Crippen MR) is 119 cm³/mol. The van der Waals surface area contributed by atoms with Crippen LogP contribution in [-0.2, 0) is 0 Å². The van der Waals surface area contributed by atoms with E-state index >= 15 is 0 Å². The second-order valence-corrected chi connectivity index (χ2v) is 8.33. The van der Waals surface area contributed by atoms with Crippen LogP contribution in [0.4, 0.5) is 0 Å². The standard InChI is InChI=1S/C22H31N5O2.ClH/c1-15-4-5-16(2)20(14-15)29-19-8-12-26(13-9-19)22(28)21-17(3)27(25-24-21)18-6-10-23-11-7-18;/h4-5,14,18-19,23H,6-13H2,1-3H3;1H. The molecule has 0 unspecified atom stereocenters. The van der Waals surface area contributed by atoms with E-state index in [1.54, 1.807) is 0 Å². The smallest absolute Gasteiger partial charge is 0.276 e. The Morgan fingerprint density at radius 1 is 1.10 bits per heavy atom. The van der Waals surface area contributed by atoms with Gasteiger partial charge in [-0.25, -0.2) is 4.68 Å². The third-order valence-corrected chi connectivity index (χ3v) is 6.15. The molecular weight excluding hydrogens is 402 g/mol. The van der Waals surface area contributed by atoms with E-state index in [1.807, 2.05) is 16.5 Å². The average molecular weight is 434 g/mol. The molecule has 164 valence electrons. The maximum atomic E-state index is 13.0. The fourth-order valence-electron chi connectivity index (χ4n) is 4.28. The molecule has 1 amide bonds. The number of aryl methyl sites for hydroxylation is 2. The Kier molecular flexibility index (Phi) is 7.36. The molecule has 0 aliphatic carbocycles. The Balaban J connectivity index is 0.00000256. The van der Waals surface area contributed by atoms with Crippen molar-refractivity contribution in [2.75, 3.05) is 26.2 Å². The van der Waals surface area contributed by atoms with Gasteiger partial charge >= 0.3 is 0 Å². The molecule has 2 aliphatic heterocycles. The largest absolute Gasteiger partial charge is 0.490 e. The van der Waals surface area contributed by atoms with Crippen molar-refractivity contribution in [1.29, 1.82) is 0 Å². The Hall–Kier alpha value is -2.12. The topological polar surface area (TPSA) is 72.3 Å². The van der Waals surface area contributed by atoms with E-state index in [0.29, 0.717) is 24.8 Å². The van der Waals surface area contributed by atoms with E-state index in [2.05, 4.69) is 47.7 Å². The van der Waals surface area contributed by atoms with E-state index in [-0.39, 0.29) is 24.4 Å². The lowest BCUT2D eigenvalue weighted by Gasteiger charge is -2.32. The molecule has 2 fully saturated rings. The first-order valence-electron chi connectivity index (χ1n) is 10.7. The minimum Gasteiger partial charge on any atom is -0.490 e. The van der Waals surface area contributed by atoms with Crippen LogP contribution in [0.15, 0.2) is 18.2 Å². The second-order valence-electron chi connectivity index (χ2n) is 8.33. The number of benzene rings is 1. The molecule has 0 bridgehead atoms. The number of nitrogens with zero attached hydrogens (tertiary/aromatic N) is 4. The number of carbonyl (C=O) groups is 1. The summed E-state index contributed by atoms with van der Waals surface area (Å²) in [5.41, 5.74) is 3.73. The summed E-state index contributed by atoms with van der Waals surface area (Å²) in [6, 6.07) is 6.62. The number of ether oxygens (including phenoxy) is 1. The fraction of sp³-hybridized carbons (Fsp3) is 0.591. The number of rotatable bonds is 4. The van der Waals surface area contributed by atoms with Crippen LogP contribution in [0.1, 0.15) is 59.0 Å². The number of piperidine rings is 2. The van der Waals surface area contributed by atoms with Crippen molar-refractivity contribution in [3.63, 3.8) is 0 Å². The normalized spacial score (nSPS) is 18.2. The lowest BCUT2D eigenvalue weighted by atomic mass is 10.1. The number of carbonyl (C=O) groups excluding carboxylic acids is 1. The van der Waals surface area contributed by atoms with Crippen LogP contribution >= 0.6 is 12.4 Å². The van der Waals surface area contributed by atoms with Gasteiger partial charge in [0.05, 0.1) is 11.7 Å². The first-order valence-corrected chi connectivity index (χ1v) is 10.7. The number of likely N-dealkylation sites (tertiary alicyclic amines) is 1. The lowest BCUT2D eigenvalue weighted by Crippen LogP contribution is -2.42. The second kappa shape index (κ2) is 9.79. The van der Waals surface area contributed by atoms with Crippen molar-refractivity contribution in [1.82, 2.24) is 25.2 Å². The molecule has 4 rings (SSSR count). The Bertz CT molecular complexity index is 870. The maximum absolute atomic E-state index is 13.0. The average Bonchev–Trinajstić information content (AvgIpc) is 3.13. The summed E-state index contributed by atoms with van der Waals surface area (Å²) in [5.74, 6) is 0.948. The summed E-state index contributed by atoms with van der Waals surface area (Å²) in [4.78, 5) is 14.9. The van der Waals surface area contributed by atoms with Crippen LogP contribution in [0.25, 0.3) is 0 Å². The highest BCUT2D eigenvalue weighted by atomic mass is 35.5. The van der Waals surface area contributed by atoms with Gasteiger partial charge in [0.15, 0.2) is 5.69 Å². The van der Waals surface area contributed by atoms with Crippen LogP contribution in [0.3, 0.4) is 0 Å². The summed E-state index contributed by atoms with van der Waals surface area (Å²) in [7, 11) is 0. The Morgan fingerprint density at radius 3 is 2.50 bits per heavy atom. The van der Waals surface area contributed by atoms with Gasteiger partial charge < -0.3 is 15.0 Å². The van der Waals surface area contributed by atoms with Crippen LogP contribution in [0.2, 0.25) is 0 Å². The van der Waals surface area contributed by atoms with Gasteiger partial charge in [-0.05, 0) is 63.9 Å². The molecule has 0 spiro atoms. The van der Waals surface area contributed by atoms with Crippen molar-refractivity contribution < 1.29 is 9.53 Å². The van der Waals surface area contributed by atoms with Crippen LogP contribution in [-0.4, -0.2) is 58.1 Å². The highest BCUT2D eigenvalue weighted by molar-refractivity contribution is 5.93. The number of hydrogen-bond donors (Lipinski definition) is 1. The highest BCUT2D eigenvalue weighted by Gasteiger charge is 2.29. The van der Waals surface area contributed by atoms with Crippen molar-refractivity contribution in [2.45, 2.75) is 58.6 Å². The van der Waals surface area contributed by atoms with Crippen molar-refractivity contribution in [3.05, 3.63) is 40.7 Å². The molecule has 2 aliphatic rings. The summed E-state index contributed by atoms with van der Waals surface area (Å²) in [6.45, 7) is 9.46. The monoisotopic (exact) mass is 433 g/mol. The first kappa shape index (κ1) is 22.6. The van der Waals surface area contributed by atoms with Crippen LogP contribution in [0.5, 0.6) is 5.75 Å². The van der Waals surface area contributed by atoms with E-state index in [0.717, 1.165) is 55.8 Å². The molecule has 7 nitrogen and oxygen atoms in total. The van der Waals surface area contributed by atoms with Crippen molar-refractivity contribution >= 4 is 18.3 Å². The zero-order valence-corrected chi connectivity index (χ0v) is 18.9. The van der Waals surface area contributed by atoms with Gasteiger partial charge in [-0.1, -0.05) is 17.3 Å². The van der Waals surface area contributed by atoms with E-state index < -0.39 is 0 Å². The van der Waals surface area contributed by atoms with Crippen LogP contribution < -0.4 is 10.1 Å².